The third-order valence-corrected chi connectivity index (χ3v) is 6.31. The van der Waals surface area contributed by atoms with E-state index in [1.165, 1.54) is 27.7 Å². The summed E-state index contributed by atoms with van der Waals surface area (Å²) >= 11 is 2.53. The predicted molar refractivity (Wildman–Crippen MR) is 127 cm³/mol. The van der Waals surface area contributed by atoms with Gasteiger partial charge in [-0.3, -0.25) is 14.2 Å². The minimum atomic E-state index is -0.408. The van der Waals surface area contributed by atoms with E-state index in [4.69, 9.17) is 4.74 Å². The summed E-state index contributed by atoms with van der Waals surface area (Å²) in [5, 5.41) is 5.06. The van der Waals surface area contributed by atoms with Crippen LogP contribution in [0.3, 0.4) is 0 Å². The highest BCUT2D eigenvalue weighted by Crippen LogP contribution is 2.24. The van der Waals surface area contributed by atoms with Crippen LogP contribution in [0.15, 0.2) is 76.0 Å². The Hall–Kier alpha value is -3.43. The molecule has 0 aliphatic carbocycles. The molecule has 4 rings (SSSR count). The molecule has 0 saturated carbocycles. The van der Waals surface area contributed by atoms with Gasteiger partial charge in [-0.1, -0.05) is 30.0 Å². The largest absolute Gasteiger partial charge is 0.462 e. The maximum Gasteiger partial charge on any atom is 0.338 e. The highest BCUT2D eigenvalue weighted by molar-refractivity contribution is 7.99. The summed E-state index contributed by atoms with van der Waals surface area (Å²) in [6.45, 7) is 2.04. The fourth-order valence-electron chi connectivity index (χ4n) is 3.02. The van der Waals surface area contributed by atoms with E-state index in [2.05, 4.69) is 10.3 Å². The molecule has 0 aliphatic rings. The summed E-state index contributed by atoms with van der Waals surface area (Å²) in [6.07, 6.45) is 0. The summed E-state index contributed by atoms with van der Waals surface area (Å²) < 4.78 is 7.06. The van der Waals surface area contributed by atoms with Gasteiger partial charge in [0.25, 0.3) is 5.56 Å². The number of anilines is 1. The van der Waals surface area contributed by atoms with Crippen LogP contribution in [0.1, 0.15) is 17.3 Å². The first-order valence-corrected chi connectivity index (χ1v) is 11.7. The highest BCUT2D eigenvalue weighted by atomic mass is 32.2. The topological polar surface area (TPSA) is 90.3 Å². The van der Waals surface area contributed by atoms with Crippen molar-refractivity contribution in [3.63, 3.8) is 0 Å². The van der Waals surface area contributed by atoms with Crippen molar-refractivity contribution < 1.29 is 14.3 Å². The second kappa shape index (κ2) is 9.80. The number of carbonyl (C=O) groups excluding carboxylic acids is 2. The van der Waals surface area contributed by atoms with Gasteiger partial charge in [0.05, 0.1) is 29.1 Å². The molecular formula is C23H19N3O4S2. The predicted octanol–water partition coefficient (Wildman–Crippen LogP) is 4.35. The number of carbonyl (C=O) groups is 2. The Bertz CT molecular complexity index is 1310. The minimum Gasteiger partial charge on any atom is -0.462 e. The molecule has 0 saturated heterocycles. The molecule has 0 atom stereocenters. The lowest BCUT2D eigenvalue weighted by molar-refractivity contribution is -0.113. The summed E-state index contributed by atoms with van der Waals surface area (Å²) in [6, 6.07) is 17.5. The molecule has 162 valence electrons. The van der Waals surface area contributed by atoms with E-state index in [9.17, 15) is 14.4 Å². The van der Waals surface area contributed by atoms with Crippen LogP contribution in [0.2, 0.25) is 0 Å². The van der Waals surface area contributed by atoms with Gasteiger partial charge in [-0.05, 0) is 54.8 Å². The van der Waals surface area contributed by atoms with E-state index in [1.807, 2.05) is 35.7 Å². The quantitative estimate of drug-likeness (QED) is 0.248. The number of hydrogen-bond acceptors (Lipinski definition) is 7. The van der Waals surface area contributed by atoms with E-state index in [0.29, 0.717) is 38.9 Å². The van der Waals surface area contributed by atoms with Crippen LogP contribution in [0.4, 0.5) is 5.69 Å². The molecule has 4 aromatic rings. The summed E-state index contributed by atoms with van der Waals surface area (Å²) in [4.78, 5) is 41.9. The number of rotatable bonds is 7. The number of ether oxygens (including phenoxy) is 1. The number of para-hydroxylation sites is 1. The first-order chi connectivity index (χ1) is 15.6. The molecule has 0 unspecified atom stereocenters. The molecule has 9 heteroatoms. The number of nitrogens with one attached hydrogen (secondary N) is 1. The zero-order chi connectivity index (χ0) is 22.5. The van der Waals surface area contributed by atoms with E-state index in [0.717, 1.165) is 0 Å². The van der Waals surface area contributed by atoms with Crippen LogP contribution in [0, 0.1) is 0 Å². The first-order valence-electron chi connectivity index (χ1n) is 9.82. The lowest BCUT2D eigenvalue weighted by Gasteiger charge is -2.12. The van der Waals surface area contributed by atoms with Gasteiger partial charge in [0.1, 0.15) is 4.70 Å². The number of amides is 1. The number of thioether (sulfide) groups is 1. The Morgan fingerprint density at radius 2 is 1.84 bits per heavy atom. The number of benzene rings is 2. The zero-order valence-electron chi connectivity index (χ0n) is 17.1. The van der Waals surface area contributed by atoms with Gasteiger partial charge in [0.15, 0.2) is 5.16 Å². The number of esters is 1. The lowest BCUT2D eigenvalue weighted by Crippen LogP contribution is -2.22. The van der Waals surface area contributed by atoms with Crippen molar-refractivity contribution in [2.45, 2.75) is 12.1 Å². The van der Waals surface area contributed by atoms with Crippen LogP contribution >= 0.6 is 23.1 Å². The van der Waals surface area contributed by atoms with Crippen molar-refractivity contribution in [3.8, 4) is 5.69 Å². The van der Waals surface area contributed by atoms with Crippen LogP contribution < -0.4 is 10.9 Å². The van der Waals surface area contributed by atoms with Gasteiger partial charge < -0.3 is 10.1 Å². The SMILES string of the molecule is CCOC(=O)c1ccc(NC(=O)CSc2nc3ccsc3c(=O)n2-c2ccccc2)cc1. The van der Waals surface area contributed by atoms with Crippen molar-refractivity contribution >= 4 is 50.9 Å². The van der Waals surface area contributed by atoms with Crippen molar-refractivity contribution in [2.75, 3.05) is 17.7 Å². The van der Waals surface area contributed by atoms with Crippen molar-refractivity contribution in [1.82, 2.24) is 9.55 Å². The van der Waals surface area contributed by atoms with Gasteiger partial charge >= 0.3 is 5.97 Å². The number of hydrogen-bond donors (Lipinski definition) is 1. The molecular weight excluding hydrogens is 446 g/mol. The van der Waals surface area contributed by atoms with Gasteiger partial charge in [-0.15, -0.1) is 11.3 Å². The van der Waals surface area contributed by atoms with E-state index in [1.54, 1.807) is 37.3 Å². The van der Waals surface area contributed by atoms with E-state index < -0.39 is 5.97 Å². The number of aromatic nitrogens is 2. The Labute approximate surface area is 192 Å². The van der Waals surface area contributed by atoms with E-state index in [-0.39, 0.29) is 17.2 Å². The molecule has 1 amide bonds. The maximum absolute atomic E-state index is 13.1. The summed E-state index contributed by atoms with van der Waals surface area (Å²) in [7, 11) is 0. The Morgan fingerprint density at radius 1 is 1.09 bits per heavy atom. The second-order valence-corrected chi connectivity index (χ2v) is 8.50. The average molecular weight is 466 g/mol. The summed E-state index contributed by atoms with van der Waals surface area (Å²) in [5.41, 5.74) is 2.13. The van der Waals surface area contributed by atoms with Crippen molar-refractivity contribution in [3.05, 3.63) is 82.0 Å². The molecule has 1 N–H and O–H groups in total. The highest BCUT2D eigenvalue weighted by Gasteiger charge is 2.16. The van der Waals surface area contributed by atoms with Crippen molar-refractivity contribution in [2.24, 2.45) is 0 Å². The Kier molecular flexibility index (Phi) is 6.67. The van der Waals surface area contributed by atoms with Gasteiger partial charge in [0, 0.05) is 5.69 Å². The number of nitrogens with zero attached hydrogens (tertiary/aromatic N) is 2. The Balaban J connectivity index is 1.51. The fraction of sp³-hybridized carbons (Fsp3) is 0.130. The molecule has 0 bridgehead atoms. The molecule has 2 heterocycles. The normalized spacial score (nSPS) is 10.8. The average Bonchev–Trinajstić information content (AvgIpc) is 3.28. The molecule has 7 nitrogen and oxygen atoms in total. The summed E-state index contributed by atoms with van der Waals surface area (Å²) in [5.74, 6) is -0.595. The molecule has 0 spiro atoms. The number of thiophene rings is 1. The minimum absolute atomic E-state index is 0.0640. The van der Waals surface area contributed by atoms with E-state index >= 15 is 0 Å². The Morgan fingerprint density at radius 3 is 2.56 bits per heavy atom. The fourth-order valence-corrected chi connectivity index (χ4v) is 4.60. The number of fused-ring (bicyclic) bond motifs is 1. The van der Waals surface area contributed by atoms with Gasteiger partial charge in [-0.2, -0.15) is 0 Å². The van der Waals surface area contributed by atoms with Crippen LogP contribution in [-0.4, -0.2) is 33.8 Å². The lowest BCUT2D eigenvalue weighted by atomic mass is 10.2. The maximum atomic E-state index is 13.1. The van der Waals surface area contributed by atoms with Crippen LogP contribution in [-0.2, 0) is 9.53 Å². The molecule has 32 heavy (non-hydrogen) atoms. The van der Waals surface area contributed by atoms with Crippen LogP contribution in [0.5, 0.6) is 0 Å². The third-order valence-electron chi connectivity index (χ3n) is 4.48. The van der Waals surface area contributed by atoms with Crippen molar-refractivity contribution in [1.29, 1.82) is 0 Å². The molecule has 2 aromatic carbocycles. The molecule has 0 aliphatic heterocycles. The first kappa shape index (κ1) is 21.8. The van der Waals surface area contributed by atoms with Crippen LogP contribution in [0.25, 0.3) is 15.9 Å². The van der Waals surface area contributed by atoms with Gasteiger partial charge in [-0.25, -0.2) is 9.78 Å². The smallest absolute Gasteiger partial charge is 0.338 e. The molecule has 2 aromatic heterocycles. The van der Waals surface area contributed by atoms with Gasteiger partial charge in [0.2, 0.25) is 5.91 Å². The standard InChI is InChI=1S/C23H19N3O4S2/c1-2-30-22(29)15-8-10-16(11-9-15)24-19(27)14-32-23-25-18-12-13-31-20(18)21(28)26(23)17-6-4-3-5-7-17/h3-13H,2,14H2,1H3,(H,24,27). The molecule has 0 radical (unpaired) electrons. The zero-order valence-corrected chi connectivity index (χ0v) is 18.7. The third kappa shape index (κ3) is 4.74. The second-order valence-electron chi connectivity index (χ2n) is 6.64. The monoisotopic (exact) mass is 465 g/mol. The molecule has 0 fully saturated rings.